The average molecular weight is 270 g/mol. The Bertz CT molecular complexity index is 363. The molecule has 1 amide bonds. The minimum absolute atomic E-state index is 0.0821. The number of cyclic esters (lactones) is 1. The summed E-state index contributed by atoms with van der Waals surface area (Å²) in [4.78, 5) is 11.1. The molecule has 0 radical (unpaired) electrons. The lowest BCUT2D eigenvalue weighted by Crippen LogP contribution is -2.26. The van der Waals surface area contributed by atoms with Crippen LogP contribution in [0, 0.1) is 0 Å². The van der Waals surface area contributed by atoms with E-state index in [9.17, 15) is 4.79 Å². The van der Waals surface area contributed by atoms with Crippen molar-refractivity contribution in [1.82, 2.24) is 5.32 Å². The van der Waals surface area contributed by atoms with Crippen LogP contribution in [-0.4, -0.2) is 12.1 Å². The lowest BCUT2D eigenvalue weighted by Gasteiger charge is -2.15. The molecule has 80 valence electrons. The van der Waals surface area contributed by atoms with Gasteiger partial charge in [0.2, 0.25) is 0 Å². The monoisotopic (exact) mass is 269 g/mol. The van der Waals surface area contributed by atoms with Crippen molar-refractivity contribution in [3.63, 3.8) is 0 Å². The van der Waals surface area contributed by atoms with Gasteiger partial charge in [-0.2, -0.15) is 0 Å². The summed E-state index contributed by atoms with van der Waals surface area (Å²) in [5.74, 6) is 0. The average Bonchev–Trinajstić information content (AvgIpc) is 2.61. The highest BCUT2D eigenvalue weighted by Crippen LogP contribution is 2.28. The van der Waals surface area contributed by atoms with Gasteiger partial charge in [-0.25, -0.2) is 4.79 Å². The molecule has 1 aromatic rings. The van der Waals surface area contributed by atoms with Crippen LogP contribution in [0.1, 0.15) is 25.0 Å². The standard InChI is InChI=1S/C11H12BrNO2/c1-2-9-10(15-11(14)13-9)7-3-5-8(12)6-4-7/h3-6,9-10H,2H2,1H3,(H,13,14)/t9-,10-/m1/s1. The summed E-state index contributed by atoms with van der Waals surface area (Å²) in [6, 6.07) is 7.93. The Labute approximate surface area is 96.9 Å². The molecule has 1 aliphatic rings. The Morgan fingerprint density at radius 3 is 2.67 bits per heavy atom. The van der Waals surface area contributed by atoms with Crippen molar-refractivity contribution in [3.05, 3.63) is 34.3 Å². The van der Waals surface area contributed by atoms with Gasteiger partial charge in [0.1, 0.15) is 6.10 Å². The van der Waals surface area contributed by atoms with Gasteiger partial charge < -0.3 is 10.1 Å². The zero-order valence-electron chi connectivity index (χ0n) is 8.37. The number of ether oxygens (including phenoxy) is 1. The van der Waals surface area contributed by atoms with Crippen molar-refractivity contribution in [3.8, 4) is 0 Å². The third kappa shape index (κ3) is 2.15. The highest BCUT2D eigenvalue weighted by molar-refractivity contribution is 9.10. The summed E-state index contributed by atoms with van der Waals surface area (Å²) >= 11 is 3.37. The van der Waals surface area contributed by atoms with Gasteiger partial charge in [0.25, 0.3) is 0 Å². The molecule has 0 saturated carbocycles. The molecular formula is C11H12BrNO2. The Balaban J connectivity index is 2.22. The molecule has 1 aliphatic heterocycles. The maximum Gasteiger partial charge on any atom is 0.408 e. The molecule has 1 fully saturated rings. The Morgan fingerprint density at radius 2 is 2.07 bits per heavy atom. The quantitative estimate of drug-likeness (QED) is 0.897. The largest absolute Gasteiger partial charge is 0.439 e. The fourth-order valence-corrected chi connectivity index (χ4v) is 1.99. The Hall–Kier alpha value is -1.03. The molecule has 1 heterocycles. The minimum Gasteiger partial charge on any atom is -0.439 e. The molecule has 15 heavy (non-hydrogen) atoms. The van der Waals surface area contributed by atoms with Gasteiger partial charge in [0, 0.05) is 4.47 Å². The molecule has 0 aliphatic carbocycles. The summed E-state index contributed by atoms with van der Waals surface area (Å²) in [6.07, 6.45) is 0.386. The third-order valence-electron chi connectivity index (χ3n) is 2.54. The molecule has 0 unspecified atom stereocenters. The highest BCUT2D eigenvalue weighted by Gasteiger charge is 2.33. The third-order valence-corrected chi connectivity index (χ3v) is 3.07. The van der Waals surface area contributed by atoms with Gasteiger partial charge in [-0.3, -0.25) is 0 Å². The van der Waals surface area contributed by atoms with Crippen molar-refractivity contribution in [2.45, 2.75) is 25.5 Å². The Morgan fingerprint density at radius 1 is 1.40 bits per heavy atom. The van der Waals surface area contributed by atoms with E-state index in [-0.39, 0.29) is 18.2 Å². The predicted octanol–water partition coefficient (Wildman–Crippen LogP) is 3.01. The number of benzene rings is 1. The summed E-state index contributed by atoms with van der Waals surface area (Å²) in [5, 5.41) is 2.79. The van der Waals surface area contributed by atoms with Gasteiger partial charge >= 0.3 is 6.09 Å². The van der Waals surface area contributed by atoms with E-state index < -0.39 is 0 Å². The number of hydrogen-bond acceptors (Lipinski definition) is 2. The molecule has 1 aromatic carbocycles. The number of carbonyl (C=O) groups is 1. The number of rotatable bonds is 2. The van der Waals surface area contributed by atoms with Gasteiger partial charge in [-0.1, -0.05) is 35.0 Å². The molecule has 1 N–H and O–H groups in total. The Kier molecular flexibility index (Phi) is 2.95. The van der Waals surface area contributed by atoms with Gasteiger partial charge in [0.05, 0.1) is 6.04 Å². The van der Waals surface area contributed by atoms with E-state index in [2.05, 4.69) is 21.2 Å². The second-order valence-electron chi connectivity index (χ2n) is 3.54. The number of carbonyl (C=O) groups excluding carboxylic acids is 1. The van der Waals surface area contributed by atoms with E-state index in [0.717, 1.165) is 16.5 Å². The van der Waals surface area contributed by atoms with Crippen molar-refractivity contribution in [1.29, 1.82) is 0 Å². The topological polar surface area (TPSA) is 38.3 Å². The van der Waals surface area contributed by atoms with E-state index in [1.165, 1.54) is 0 Å². The van der Waals surface area contributed by atoms with Crippen LogP contribution in [0.15, 0.2) is 28.7 Å². The van der Waals surface area contributed by atoms with Crippen LogP contribution in [0.25, 0.3) is 0 Å². The molecule has 0 spiro atoms. The zero-order valence-corrected chi connectivity index (χ0v) is 9.95. The number of amides is 1. The number of hydrogen-bond donors (Lipinski definition) is 1. The fourth-order valence-electron chi connectivity index (χ4n) is 1.73. The van der Waals surface area contributed by atoms with Crippen LogP contribution in [0.5, 0.6) is 0 Å². The molecule has 0 aromatic heterocycles. The van der Waals surface area contributed by atoms with Crippen LogP contribution in [0.3, 0.4) is 0 Å². The first-order chi connectivity index (χ1) is 7.20. The fraction of sp³-hybridized carbons (Fsp3) is 0.364. The van der Waals surface area contributed by atoms with Gasteiger partial charge in [0.15, 0.2) is 0 Å². The van der Waals surface area contributed by atoms with Crippen LogP contribution < -0.4 is 5.32 Å². The first-order valence-electron chi connectivity index (χ1n) is 4.93. The lowest BCUT2D eigenvalue weighted by atomic mass is 10.0. The maximum absolute atomic E-state index is 11.1. The molecule has 4 heteroatoms. The normalized spacial score (nSPS) is 24.8. The predicted molar refractivity (Wildman–Crippen MR) is 60.6 cm³/mol. The van der Waals surface area contributed by atoms with Crippen molar-refractivity contribution >= 4 is 22.0 Å². The zero-order chi connectivity index (χ0) is 10.8. The number of halogens is 1. The molecule has 1 saturated heterocycles. The molecule has 2 atom stereocenters. The first kappa shape index (κ1) is 10.5. The summed E-state index contributed by atoms with van der Waals surface area (Å²) in [5.41, 5.74) is 1.03. The van der Waals surface area contributed by atoms with Crippen molar-refractivity contribution in [2.75, 3.05) is 0 Å². The van der Waals surface area contributed by atoms with Crippen molar-refractivity contribution in [2.24, 2.45) is 0 Å². The van der Waals surface area contributed by atoms with Gasteiger partial charge in [-0.15, -0.1) is 0 Å². The van der Waals surface area contributed by atoms with E-state index in [1.54, 1.807) is 0 Å². The second kappa shape index (κ2) is 4.23. The van der Waals surface area contributed by atoms with Crippen LogP contribution in [0.2, 0.25) is 0 Å². The van der Waals surface area contributed by atoms with E-state index in [1.807, 2.05) is 31.2 Å². The van der Waals surface area contributed by atoms with E-state index in [4.69, 9.17) is 4.74 Å². The number of nitrogens with one attached hydrogen (secondary N) is 1. The SMILES string of the molecule is CC[C@H]1NC(=O)O[C@@H]1c1ccc(Br)cc1. The van der Waals surface area contributed by atoms with Gasteiger partial charge in [-0.05, 0) is 24.1 Å². The maximum atomic E-state index is 11.1. The molecular weight excluding hydrogens is 258 g/mol. The minimum atomic E-state index is -0.324. The van der Waals surface area contributed by atoms with Crippen molar-refractivity contribution < 1.29 is 9.53 Å². The summed E-state index contributed by atoms with van der Waals surface area (Å²) < 4.78 is 6.25. The first-order valence-corrected chi connectivity index (χ1v) is 5.72. The lowest BCUT2D eigenvalue weighted by molar-refractivity contribution is 0.131. The number of alkyl carbamates (subject to hydrolysis) is 1. The van der Waals surface area contributed by atoms with Crippen LogP contribution in [0.4, 0.5) is 4.79 Å². The second-order valence-corrected chi connectivity index (χ2v) is 4.45. The highest BCUT2D eigenvalue weighted by atomic mass is 79.9. The summed E-state index contributed by atoms with van der Waals surface area (Å²) in [7, 11) is 0. The molecule has 0 bridgehead atoms. The van der Waals surface area contributed by atoms with E-state index in [0.29, 0.717) is 0 Å². The smallest absolute Gasteiger partial charge is 0.408 e. The van der Waals surface area contributed by atoms with Crippen LogP contribution >= 0.6 is 15.9 Å². The van der Waals surface area contributed by atoms with E-state index >= 15 is 0 Å². The molecule has 3 nitrogen and oxygen atoms in total. The molecule has 2 rings (SSSR count). The summed E-state index contributed by atoms with van der Waals surface area (Å²) in [6.45, 7) is 2.03. The van der Waals surface area contributed by atoms with Crippen LogP contribution in [-0.2, 0) is 4.74 Å².